The summed E-state index contributed by atoms with van der Waals surface area (Å²) in [6.45, 7) is 3.89. The molecule has 20 heavy (non-hydrogen) atoms. The fraction of sp³-hybridized carbons (Fsp3) is 0.312. The van der Waals surface area contributed by atoms with Gasteiger partial charge in [-0.1, -0.05) is 13.8 Å². The molecule has 2 N–H and O–H groups in total. The summed E-state index contributed by atoms with van der Waals surface area (Å²) < 4.78 is 1.98. The lowest BCUT2D eigenvalue weighted by Crippen LogP contribution is -2.41. The molecule has 0 aliphatic rings. The van der Waals surface area contributed by atoms with E-state index in [1.807, 2.05) is 55.1 Å². The van der Waals surface area contributed by atoms with E-state index >= 15 is 0 Å². The molecule has 1 unspecified atom stereocenters. The second-order valence-electron chi connectivity index (χ2n) is 5.14. The Balaban J connectivity index is 2.08. The van der Waals surface area contributed by atoms with Crippen LogP contribution in [0, 0.1) is 5.92 Å². The minimum atomic E-state index is -0.216. The number of amides is 1. The number of rotatable bonds is 5. The minimum absolute atomic E-state index is 0.0507. The standard InChI is InChI=1S/C16H20N2O2/c1-12(2)15(11-19)17-16(20)13-5-7-14(8-6-13)18-9-3-4-10-18/h3-10,12,15,19H,11H2,1-2H3,(H,17,20). The van der Waals surface area contributed by atoms with Crippen molar-refractivity contribution in [2.75, 3.05) is 6.61 Å². The monoisotopic (exact) mass is 272 g/mol. The SMILES string of the molecule is CC(C)C(CO)NC(=O)c1ccc(-n2cccc2)cc1. The first-order valence-corrected chi connectivity index (χ1v) is 6.77. The Bertz CT molecular complexity index is 544. The maximum absolute atomic E-state index is 12.1. The molecule has 0 radical (unpaired) electrons. The van der Waals surface area contributed by atoms with Gasteiger partial charge in [0.15, 0.2) is 0 Å². The topological polar surface area (TPSA) is 54.3 Å². The summed E-state index contributed by atoms with van der Waals surface area (Å²) in [4.78, 5) is 12.1. The predicted octanol–water partition coefficient (Wildman–Crippen LogP) is 2.22. The van der Waals surface area contributed by atoms with Gasteiger partial charge >= 0.3 is 0 Å². The van der Waals surface area contributed by atoms with Crippen LogP contribution < -0.4 is 5.32 Å². The summed E-state index contributed by atoms with van der Waals surface area (Å²) in [5.41, 5.74) is 1.61. The number of aliphatic hydroxyl groups is 1. The molecule has 0 fully saturated rings. The lowest BCUT2D eigenvalue weighted by Gasteiger charge is -2.19. The van der Waals surface area contributed by atoms with Gasteiger partial charge in [0, 0.05) is 23.6 Å². The Hall–Kier alpha value is -2.07. The second kappa shape index (κ2) is 6.39. The zero-order chi connectivity index (χ0) is 14.5. The van der Waals surface area contributed by atoms with Gasteiger partial charge in [-0.15, -0.1) is 0 Å². The lowest BCUT2D eigenvalue weighted by molar-refractivity contribution is 0.0897. The number of aromatic nitrogens is 1. The molecular formula is C16H20N2O2. The van der Waals surface area contributed by atoms with Crippen molar-refractivity contribution in [3.8, 4) is 5.69 Å². The summed E-state index contributed by atoms with van der Waals surface area (Å²) in [5, 5.41) is 12.1. The summed E-state index contributed by atoms with van der Waals surface area (Å²) in [5.74, 6) is 0.0416. The lowest BCUT2D eigenvalue weighted by atomic mass is 10.0. The molecule has 1 atom stereocenters. The van der Waals surface area contributed by atoms with Crippen LogP contribution in [0.15, 0.2) is 48.8 Å². The van der Waals surface area contributed by atoms with Crippen LogP contribution in [0.1, 0.15) is 24.2 Å². The van der Waals surface area contributed by atoms with E-state index in [1.54, 1.807) is 12.1 Å². The van der Waals surface area contributed by atoms with Gasteiger partial charge in [-0.3, -0.25) is 4.79 Å². The first-order chi connectivity index (χ1) is 9.61. The highest BCUT2D eigenvalue weighted by Gasteiger charge is 2.16. The van der Waals surface area contributed by atoms with Crippen molar-refractivity contribution >= 4 is 5.91 Å². The van der Waals surface area contributed by atoms with E-state index in [1.165, 1.54) is 0 Å². The Morgan fingerprint density at radius 3 is 2.30 bits per heavy atom. The fourth-order valence-corrected chi connectivity index (χ4v) is 1.97. The molecule has 1 heterocycles. The Morgan fingerprint density at radius 1 is 1.20 bits per heavy atom. The van der Waals surface area contributed by atoms with Crippen LogP contribution in [0.2, 0.25) is 0 Å². The summed E-state index contributed by atoms with van der Waals surface area (Å²) in [6.07, 6.45) is 3.91. The maximum Gasteiger partial charge on any atom is 0.251 e. The minimum Gasteiger partial charge on any atom is -0.394 e. The largest absolute Gasteiger partial charge is 0.394 e. The molecule has 2 rings (SSSR count). The third kappa shape index (κ3) is 3.27. The molecule has 0 aliphatic carbocycles. The maximum atomic E-state index is 12.1. The first kappa shape index (κ1) is 14.3. The zero-order valence-corrected chi connectivity index (χ0v) is 11.8. The molecule has 1 aromatic carbocycles. The Morgan fingerprint density at radius 2 is 1.80 bits per heavy atom. The molecule has 1 aromatic heterocycles. The summed E-state index contributed by atoms with van der Waals surface area (Å²) in [7, 11) is 0. The molecular weight excluding hydrogens is 252 g/mol. The summed E-state index contributed by atoms with van der Waals surface area (Å²) in [6, 6.07) is 11.1. The van der Waals surface area contributed by atoms with Crippen molar-refractivity contribution in [1.82, 2.24) is 9.88 Å². The van der Waals surface area contributed by atoms with Crippen LogP contribution in [0.25, 0.3) is 5.69 Å². The predicted molar refractivity (Wildman–Crippen MR) is 78.9 cm³/mol. The average molecular weight is 272 g/mol. The quantitative estimate of drug-likeness (QED) is 0.877. The molecule has 4 heteroatoms. The number of carbonyl (C=O) groups excluding carboxylic acids is 1. The van der Waals surface area contributed by atoms with E-state index in [-0.39, 0.29) is 24.5 Å². The number of hydrogen-bond donors (Lipinski definition) is 2. The van der Waals surface area contributed by atoms with Gasteiger partial charge in [0.25, 0.3) is 5.91 Å². The zero-order valence-electron chi connectivity index (χ0n) is 11.8. The van der Waals surface area contributed by atoms with Crippen molar-refractivity contribution in [3.05, 3.63) is 54.4 Å². The van der Waals surface area contributed by atoms with Gasteiger partial charge in [0.05, 0.1) is 12.6 Å². The van der Waals surface area contributed by atoms with E-state index in [0.717, 1.165) is 5.69 Å². The first-order valence-electron chi connectivity index (χ1n) is 6.77. The fourth-order valence-electron chi connectivity index (χ4n) is 1.97. The third-order valence-corrected chi connectivity index (χ3v) is 3.35. The van der Waals surface area contributed by atoms with Gasteiger partial charge in [-0.2, -0.15) is 0 Å². The van der Waals surface area contributed by atoms with Crippen LogP contribution in [0.4, 0.5) is 0 Å². The number of aliphatic hydroxyl groups excluding tert-OH is 1. The highest BCUT2D eigenvalue weighted by atomic mass is 16.3. The van der Waals surface area contributed by atoms with Crippen molar-refractivity contribution in [2.24, 2.45) is 5.92 Å². The number of hydrogen-bond acceptors (Lipinski definition) is 2. The van der Waals surface area contributed by atoms with E-state index in [9.17, 15) is 9.90 Å². The smallest absolute Gasteiger partial charge is 0.251 e. The molecule has 2 aromatic rings. The Labute approximate surface area is 119 Å². The molecule has 1 amide bonds. The molecule has 0 aliphatic heterocycles. The van der Waals surface area contributed by atoms with Crippen LogP contribution in [0.5, 0.6) is 0 Å². The van der Waals surface area contributed by atoms with E-state index in [4.69, 9.17) is 0 Å². The van der Waals surface area contributed by atoms with Crippen molar-refractivity contribution in [3.63, 3.8) is 0 Å². The summed E-state index contributed by atoms with van der Waals surface area (Å²) >= 11 is 0. The van der Waals surface area contributed by atoms with E-state index in [0.29, 0.717) is 5.56 Å². The molecule has 0 saturated carbocycles. The van der Waals surface area contributed by atoms with Crippen molar-refractivity contribution in [2.45, 2.75) is 19.9 Å². The van der Waals surface area contributed by atoms with Gasteiger partial charge < -0.3 is 15.0 Å². The highest BCUT2D eigenvalue weighted by molar-refractivity contribution is 5.94. The second-order valence-corrected chi connectivity index (χ2v) is 5.14. The Kier molecular flexibility index (Phi) is 4.58. The van der Waals surface area contributed by atoms with Gasteiger partial charge in [-0.25, -0.2) is 0 Å². The van der Waals surface area contributed by atoms with Crippen LogP contribution in [-0.4, -0.2) is 28.2 Å². The van der Waals surface area contributed by atoms with Crippen LogP contribution in [-0.2, 0) is 0 Å². The van der Waals surface area contributed by atoms with Gasteiger partial charge in [0.1, 0.15) is 0 Å². The normalized spacial score (nSPS) is 12.4. The van der Waals surface area contributed by atoms with Gasteiger partial charge in [-0.05, 0) is 42.3 Å². The van der Waals surface area contributed by atoms with Crippen molar-refractivity contribution in [1.29, 1.82) is 0 Å². The molecule has 0 saturated heterocycles. The van der Waals surface area contributed by atoms with Crippen LogP contribution in [0.3, 0.4) is 0 Å². The van der Waals surface area contributed by atoms with Gasteiger partial charge in [0.2, 0.25) is 0 Å². The van der Waals surface area contributed by atoms with E-state index in [2.05, 4.69) is 5.32 Å². The van der Waals surface area contributed by atoms with E-state index < -0.39 is 0 Å². The average Bonchev–Trinajstić information content (AvgIpc) is 2.98. The third-order valence-electron chi connectivity index (χ3n) is 3.35. The highest BCUT2D eigenvalue weighted by Crippen LogP contribution is 2.11. The molecule has 106 valence electrons. The molecule has 0 bridgehead atoms. The number of nitrogens with zero attached hydrogens (tertiary/aromatic N) is 1. The number of carbonyl (C=O) groups is 1. The van der Waals surface area contributed by atoms with Crippen molar-refractivity contribution < 1.29 is 9.90 Å². The number of benzene rings is 1. The molecule has 0 spiro atoms. The van der Waals surface area contributed by atoms with Crippen LogP contribution >= 0.6 is 0 Å². The molecule has 4 nitrogen and oxygen atoms in total. The number of nitrogens with one attached hydrogen (secondary N) is 1.